The molecule has 0 N–H and O–H groups in total. The Bertz CT molecular complexity index is 298. The highest BCUT2D eigenvalue weighted by Crippen LogP contribution is 2.06. The molecule has 0 fully saturated rings. The van der Waals surface area contributed by atoms with Crippen LogP contribution in [0.25, 0.3) is 0 Å². The minimum atomic E-state index is -2.79. The first-order chi connectivity index (χ1) is 4.72. The van der Waals surface area contributed by atoms with Gasteiger partial charge >= 0.3 is 0 Å². The average molecular weight is 160 g/mol. The largest absolute Gasteiger partial charge is 0.227 e. The molecule has 54 valence electrons. The van der Waals surface area contributed by atoms with Crippen molar-refractivity contribution in [2.45, 2.75) is 4.90 Å². The topological polar surface area (TPSA) is 34.1 Å². The van der Waals surface area contributed by atoms with Crippen LogP contribution in [0.2, 0.25) is 0 Å². The molecular weight excluding hydrogens is 155 g/mol. The number of benzene rings is 1. The summed E-state index contributed by atoms with van der Waals surface area (Å²) in [6.07, 6.45) is 0. The first-order valence-electron chi connectivity index (χ1n) is 2.61. The Kier molecular flexibility index (Phi) is 2.01. The molecule has 0 heterocycles. The second kappa shape index (κ2) is 2.79. The van der Waals surface area contributed by atoms with Crippen LogP contribution >= 0.6 is 0 Å². The van der Waals surface area contributed by atoms with Gasteiger partial charge in [-0.05, 0) is 12.1 Å². The fraction of sp³-hybridized carbons (Fsp3) is 0. The Hall–Kier alpha value is -0.900. The van der Waals surface area contributed by atoms with E-state index in [4.69, 9.17) is 0 Å². The molecule has 0 unspecified atom stereocenters. The maximum Gasteiger partial charge on any atom is 0.171 e. The minimum absolute atomic E-state index is 0.252. The maximum atomic E-state index is 12.5. The summed E-state index contributed by atoms with van der Waals surface area (Å²) in [5, 5.41) is 0. The monoisotopic (exact) mass is 160 g/mol. The van der Waals surface area contributed by atoms with E-state index in [9.17, 15) is 12.8 Å². The molecule has 0 atom stereocenters. The molecule has 2 nitrogen and oxygen atoms in total. The summed E-state index contributed by atoms with van der Waals surface area (Å²) < 4.78 is 32.9. The fourth-order valence-electron chi connectivity index (χ4n) is 0.600. The summed E-state index contributed by atoms with van der Waals surface area (Å²) >= 11 is 0. The van der Waals surface area contributed by atoms with Gasteiger partial charge < -0.3 is 0 Å². The molecule has 0 amide bonds. The minimum Gasteiger partial charge on any atom is -0.227 e. The highest BCUT2D eigenvalue weighted by atomic mass is 32.2. The Morgan fingerprint density at radius 2 is 1.80 bits per heavy atom. The van der Waals surface area contributed by atoms with Crippen molar-refractivity contribution in [3.8, 4) is 0 Å². The zero-order valence-corrected chi connectivity index (χ0v) is 5.85. The average Bonchev–Trinajstić information content (AvgIpc) is 1.88. The van der Waals surface area contributed by atoms with Crippen LogP contribution in [0.3, 0.4) is 0 Å². The predicted octanol–water partition coefficient (Wildman–Crippen LogP) is 0.796. The summed E-state index contributed by atoms with van der Waals surface area (Å²) in [6, 6.07) is 5.25. The first-order valence-corrected chi connectivity index (χ1v) is 3.78. The molecule has 0 aliphatic rings. The summed E-state index contributed by atoms with van der Waals surface area (Å²) in [4.78, 5) is -0.252. The van der Waals surface area contributed by atoms with E-state index in [1.54, 1.807) is 0 Å². The van der Waals surface area contributed by atoms with Gasteiger partial charge in [-0.15, -0.1) is 0 Å². The van der Waals surface area contributed by atoms with Crippen LogP contribution in [0.1, 0.15) is 0 Å². The SMILES string of the molecule is O=[SH](=O)c1ccccc1F. The standard InChI is InChI=1S/C6H5FO2S/c7-5-3-1-2-4-6(5)10(8)9/h1-4,10H. The molecule has 1 rings (SSSR count). The van der Waals surface area contributed by atoms with Crippen molar-refractivity contribution in [1.29, 1.82) is 0 Å². The van der Waals surface area contributed by atoms with Crippen molar-refractivity contribution in [3.05, 3.63) is 30.1 Å². The number of hydrogen-bond acceptors (Lipinski definition) is 2. The van der Waals surface area contributed by atoms with Crippen LogP contribution in [0.15, 0.2) is 29.2 Å². The molecule has 1 aromatic rings. The van der Waals surface area contributed by atoms with E-state index in [0.29, 0.717) is 0 Å². The van der Waals surface area contributed by atoms with Gasteiger partial charge in [0, 0.05) is 0 Å². The summed E-state index contributed by atoms with van der Waals surface area (Å²) in [6.45, 7) is 0. The Balaban J connectivity index is 3.28. The Morgan fingerprint density at radius 1 is 1.20 bits per heavy atom. The third kappa shape index (κ3) is 1.33. The van der Waals surface area contributed by atoms with Crippen LogP contribution in [0, 0.1) is 5.82 Å². The molecule has 0 aliphatic heterocycles. The number of hydrogen-bond donors (Lipinski definition) is 1. The number of halogens is 1. The summed E-state index contributed by atoms with van der Waals surface area (Å²) in [5.41, 5.74) is 0. The van der Waals surface area contributed by atoms with Crippen molar-refractivity contribution in [2.75, 3.05) is 0 Å². The van der Waals surface area contributed by atoms with Crippen molar-refractivity contribution >= 4 is 10.7 Å². The molecule has 0 aliphatic carbocycles. The molecule has 1 aromatic carbocycles. The van der Waals surface area contributed by atoms with E-state index in [1.165, 1.54) is 18.2 Å². The maximum absolute atomic E-state index is 12.5. The summed E-state index contributed by atoms with van der Waals surface area (Å²) in [7, 11) is -2.79. The van der Waals surface area contributed by atoms with Crippen LogP contribution in [0.4, 0.5) is 4.39 Å². The molecule has 0 bridgehead atoms. The van der Waals surface area contributed by atoms with Gasteiger partial charge in [0.05, 0.1) is 4.90 Å². The third-order valence-corrected chi connectivity index (χ3v) is 1.81. The Morgan fingerprint density at radius 3 is 2.20 bits per heavy atom. The zero-order valence-electron chi connectivity index (χ0n) is 4.95. The van der Waals surface area contributed by atoms with Gasteiger partial charge in [-0.25, -0.2) is 12.8 Å². The van der Waals surface area contributed by atoms with Gasteiger partial charge in [0.2, 0.25) is 0 Å². The zero-order chi connectivity index (χ0) is 7.56. The van der Waals surface area contributed by atoms with Crippen LogP contribution in [0.5, 0.6) is 0 Å². The quantitative estimate of drug-likeness (QED) is 0.616. The van der Waals surface area contributed by atoms with E-state index in [2.05, 4.69) is 0 Å². The van der Waals surface area contributed by atoms with Gasteiger partial charge in [0.15, 0.2) is 10.7 Å². The first kappa shape index (κ1) is 7.21. The van der Waals surface area contributed by atoms with E-state index in [1.807, 2.05) is 0 Å². The summed E-state index contributed by atoms with van der Waals surface area (Å²) in [5.74, 6) is -0.696. The van der Waals surface area contributed by atoms with E-state index in [0.717, 1.165) is 6.07 Å². The molecule has 0 aromatic heterocycles. The van der Waals surface area contributed by atoms with Crippen molar-refractivity contribution in [1.82, 2.24) is 0 Å². The van der Waals surface area contributed by atoms with Crippen molar-refractivity contribution in [2.24, 2.45) is 0 Å². The molecule has 10 heavy (non-hydrogen) atoms. The smallest absolute Gasteiger partial charge is 0.171 e. The predicted molar refractivity (Wildman–Crippen MR) is 35.0 cm³/mol. The number of rotatable bonds is 1. The highest BCUT2D eigenvalue weighted by Gasteiger charge is 1.99. The molecule has 0 spiro atoms. The van der Waals surface area contributed by atoms with E-state index < -0.39 is 16.5 Å². The molecule has 0 saturated carbocycles. The lowest BCUT2D eigenvalue weighted by Gasteiger charge is -1.89. The van der Waals surface area contributed by atoms with Crippen molar-refractivity contribution in [3.63, 3.8) is 0 Å². The van der Waals surface area contributed by atoms with Crippen LogP contribution < -0.4 is 0 Å². The van der Waals surface area contributed by atoms with Gasteiger partial charge in [-0.1, -0.05) is 12.1 Å². The third-order valence-electron chi connectivity index (χ3n) is 1.05. The molecule has 0 radical (unpaired) electrons. The lowest BCUT2D eigenvalue weighted by molar-refractivity contribution is 0.578. The molecular formula is C6H5FO2S. The lowest BCUT2D eigenvalue weighted by Crippen LogP contribution is -1.84. The molecule has 0 saturated heterocycles. The Labute approximate surface area is 59.3 Å². The van der Waals surface area contributed by atoms with E-state index in [-0.39, 0.29) is 4.90 Å². The normalized spacial score (nSPS) is 10.2. The van der Waals surface area contributed by atoms with E-state index >= 15 is 0 Å². The second-order valence-corrected chi connectivity index (χ2v) is 2.70. The van der Waals surface area contributed by atoms with Crippen molar-refractivity contribution < 1.29 is 12.8 Å². The van der Waals surface area contributed by atoms with Crippen LogP contribution in [-0.2, 0) is 10.7 Å². The van der Waals surface area contributed by atoms with Crippen LogP contribution in [-0.4, -0.2) is 8.42 Å². The van der Waals surface area contributed by atoms with Gasteiger partial charge in [0.1, 0.15) is 5.82 Å². The number of thiol groups is 1. The van der Waals surface area contributed by atoms with Gasteiger partial charge in [0.25, 0.3) is 0 Å². The molecule has 4 heteroatoms. The second-order valence-electron chi connectivity index (χ2n) is 1.71. The highest BCUT2D eigenvalue weighted by molar-refractivity contribution is 7.72. The fourth-order valence-corrected chi connectivity index (χ4v) is 1.06. The van der Waals surface area contributed by atoms with Gasteiger partial charge in [-0.2, -0.15) is 0 Å². The lowest BCUT2D eigenvalue weighted by atomic mass is 10.4. The van der Waals surface area contributed by atoms with Gasteiger partial charge in [-0.3, -0.25) is 0 Å².